The molecule has 1 saturated heterocycles. The fraction of sp³-hybridized carbons (Fsp3) is 0.579. The summed E-state index contributed by atoms with van der Waals surface area (Å²) in [6.07, 6.45) is 1.23. The first-order valence-electron chi connectivity index (χ1n) is 8.58. The molecule has 1 aliphatic heterocycles. The smallest absolute Gasteiger partial charge is 0.313 e. The Hall–Kier alpha value is -1.88. The van der Waals surface area contributed by atoms with E-state index in [1.807, 2.05) is 24.3 Å². The Labute approximate surface area is 144 Å². The first-order valence-corrected chi connectivity index (χ1v) is 8.58. The van der Waals surface area contributed by atoms with Crippen molar-refractivity contribution in [1.29, 1.82) is 0 Å². The van der Waals surface area contributed by atoms with Gasteiger partial charge in [0.25, 0.3) is 0 Å². The summed E-state index contributed by atoms with van der Waals surface area (Å²) in [6, 6.07) is 7.56. The summed E-state index contributed by atoms with van der Waals surface area (Å²) in [6.45, 7) is 8.94. The molecule has 132 valence electrons. The Morgan fingerprint density at radius 1 is 1.29 bits per heavy atom. The Morgan fingerprint density at radius 3 is 2.58 bits per heavy atom. The first-order chi connectivity index (χ1) is 11.2. The highest BCUT2D eigenvalue weighted by atomic mass is 16.3. The second kappa shape index (κ2) is 7.34. The maximum atomic E-state index is 12.5. The maximum Gasteiger partial charge on any atom is 0.313 e. The zero-order valence-electron chi connectivity index (χ0n) is 15.0. The lowest BCUT2D eigenvalue weighted by atomic mass is 9.86. The number of nitrogens with zero attached hydrogens (tertiary/aromatic N) is 1. The van der Waals surface area contributed by atoms with Crippen molar-refractivity contribution in [3.63, 3.8) is 0 Å². The number of para-hydroxylation sites is 1. The van der Waals surface area contributed by atoms with Gasteiger partial charge >= 0.3 is 11.8 Å². The third kappa shape index (κ3) is 4.35. The molecule has 0 spiro atoms. The van der Waals surface area contributed by atoms with E-state index < -0.39 is 17.9 Å². The van der Waals surface area contributed by atoms with Crippen LogP contribution in [-0.2, 0) is 15.0 Å². The number of rotatable bonds is 2. The van der Waals surface area contributed by atoms with Gasteiger partial charge < -0.3 is 15.3 Å². The van der Waals surface area contributed by atoms with Gasteiger partial charge in [0.05, 0.1) is 6.10 Å². The van der Waals surface area contributed by atoms with Crippen molar-refractivity contribution in [3.8, 4) is 0 Å². The molecule has 2 rings (SSSR count). The molecule has 1 heterocycles. The van der Waals surface area contributed by atoms with Crippen LogP contribution in [0.4, 0.5) is 5.69 Å². The molecule has 1 fully saturated rings. The molecule has 2 unspecified atom stereocenters. The van der Waals surface area contributed by atoms with E-state index >= 15 is 0 Å². The largest absolute Gasteiger partial charge is 0.393 e. The molecule has 1 aliphatic rings. The Kier molecular flexibility index (Phi) is 5.65. The van der Waals surface area contributed by atoms with E-state index in [9.17, 15) is 14.7 Å². The van der Waals surface area contributed by atoms with Crippen LogP contribution in [0.15, 0.2) is 24.3 Å². The molecule has 2 N–H and O–H groups in total. The van der Waals surface area contributed by atoms with Crippen LogP contribution in [0.25, 0.3) is 0 Å². The van der Waals surface area contributed by atoms with Gasteiger partial charge in [0.2, 0.25) is 0 Å². The Balaban J connectivity index is 2.09. The summed E-state index contributed by atoms with van der Waals surface area (Å²) in [5.74, 6) is -1.10. The summed E-state index contributed by atoms with van der Waals surface area (Å²) in [5.41, 5.74) is 1.54. The number of likely N-dealkylation sites (tertiary alicyclic amines) is 1. The van der Waals surface area contributed by atoms with Crippen molar-refractivity contribution in [1.82, 2.24) is 4.90 Å². The fourth-order valence-electron chi connectivity index (χ4n) is 3.15. The van der Waals surface area contributed by atoms with Gasteiger partial charge in [-0.25, -0.2) is 0 Å². The molecule has 5 heteroatoms. The number of amides is 2. The minimum atomic E-state index is -0.613. The zero-order valence-corrected chi connectivity index (χ0v) is 15.0. The van der Waals surface area contributed by atoms with E-state index in [0.717, 1.165) is 18.4 Å². The molecular formula is C19H28N2O3. The summed E-state index contributed by atoms with van der Waals surface area (Å²) in [5, 5.41) is 12.5. The minimum Gasteiger partial charge on any atom is -0.393 e. The van der Waals surface area contributed by atoms with Crippen molar-refractivity contribution < 1.29 is 14.7 Å². The number of aliphatic hydroxyl groups is 1. The van der Waals surface area contributed by atoms with E-state index in [0.29, 0.717) is 18.8 Å². The molecule has 0 aliphatic carbocycles. The first kappa shape index (κ1) is 18.5. The van der Waals surface area contributed by atoms with E-state index in [4.69, 9.17) is 0 Å². The number of carbonyl (C=O) groups excluding carboxylic acids is 2. The van der Waals surface area contributed by atoms with Crippen molar-refractivity contribution >= 4 is 17.5 Å². The van der Waals surface area contributed by atoms with Gasteiger partial charge in [0, 0.05) is 24.7 Å². The number of aliphatic hydroxyl groups excluding tert-OH is 1. The van der Waals surface area contributed by atoms with Gasteiger partial charge in [-0.3, -0.25) is 9.59 Å². The van der Waals surface area contributed by atoms with E-state index in [1.165, 1.54) is 0 Å². The molecule has 2 atom stereocenters. The van der Waals surface area contributed by atoms with Gasteiger partial charge in [0.1, 0.15) is 0 Å². The highest BCUT2D eigenvalue weighted by Gasteiger charge is 2.30. The SMILES string of the molecule is CC(O)C1CCCN(C(=O)C(=O)Nc2ccccc2C(C)(C)C)C1. The van der Waals surface area contributed by atoms with Crippen molar-refractivity contribution in [2.75, 3.05) is 18.4 Å². The molecule has 1 aromatic rings. The van der Waals surface area contributed by atoms with Crippen LogP contribution in [-0.4, -0.2) is 41.0 Å². The monoisotopic (exact) mass is 332 g/mol. The van der Waals surface area contributed by atoms with Gasteiger partial charge in [-0.2, -0.15) is 0 Å². The predicted molar refractivity (Wildman–Crippen MR) is 94.8 cm³/mol. The maximum absolute atomic E-state index is 12.5. The number of benzene rings is 1. The number of nitrogens with one attached hydrogen (secondary N) is 1. The summed E-state index contributed by atoms with van der Waals surface area (Å²) in [4.78, 5) is 26.4. The van der Waals surface area contributed by atoms with E-state index in [1.54, 1.807) is 11.8 Å². The zero-order chi connectivity index (χ0) is 17.9. The molecule has 1 aromatic carbocycles. The summed E-state index contributed by atoms with van der Waals surface area (Å²) in [7, 11) is 0. The second-order valence-electron chi connectivity index (χ2n) is 7.64. The quantitative estimate of drug-likeness (QED) is 0.818. The molecule has 0 aromatic heterocycles. The Bertz CT molecular complexity index is 605. The average Bonchev–Trinajstić information content (AvgIpc) is 2.53. The van der Waals surface area contributed by atoms with Crippen LogP contribution in [0.2, 0.25) is 0 Å². The third-order valence-corrected chi connectivity index (χ3v) is 4.60. The number of hydrogen-bond acceptors (Lipinski definition) is 3. The lowest BCUT2D eigenvalue weighted by molar-refractivity contribution is -0.144. The molecule has 0 bridgehead atoms. The van der Waals surface area contributed by atoms with Crippen LogP contribution < -0.4 is 5.32 Å². The fourth-order valence-corrected chi connectivity index (χ4v) is 3.15. The van der Waals surface area contributed by atoms with Crippen LogP contribution in [0, 0.1) is 5.92 Å². The van der Waals surface area contributed by atoms with E-state index in [2.05, 4.69) is 26.1 Å². The van der Waals surface area contributed by atoms with Crippen molar-refractivity contribution in [2.24, 2.45) is 5.92 Å². The standard InChI is InChI=1S/C19H28N2O3/c1-13(22)14-8-7-11-21(12-14)18(24)17(23)20-16-10-6-5-9-15(16)19(2,3)4/h5-6,9-10,13-14,22H,7-8,11-12H2,1-4H3,(H,20,23). The lowest BCUT2D eigenvalue weighted by Gasteiger charge is -2.33. The normalized spacial score (nSPS) is 19.7. The lowest BCUT2D eigenvalue weighted by Crippen LogP contribution is -2.47. The minimum absolute atomic E-state index is 0.0392. The highest BCUT2D eigenvalue weighted by Crippen LogP contribution is 2.29. The number of anilines is 1. The third-order valence-electron chi connectivity index (χ3n) is 4.60. The topological polar surface area (TPSA) is 69.6 Å². The van der Waals surface area contributed by atoms with Gasteiger partial charge in [-0.05, 0) is 36.8 Å². The summed E-state index contributed by atoms with van der Waals surface area (Å²) >= 11 is 0. The number of hydrogen-bond donors (Lipinski definition) is 2. The molecular weight excluding hydrogens is 304 g/mol. The molecule has 0 radical (unpaired) electrons. The van der Waals surface area contributed by atoms with Crippen molar-refractivity contribution in [2.45, 2.75) is 52.1 Å². The molecule has 2 amide bonds. The van der Waals surface area contributed by atoms with Crippen LogP contribution >= 0.6 is 0 Å². The molecule has 0 saturated carbocycles. The molecule has 5 nitrogen and oxygen atoms in total. The van der Waals surface area contributed by atoms with Crippen molar-refractivity contribution in [3.05, 3.63) is 29.8 Å². The average molecular weight is 332 g/mol. The Morgan fingerprint density at radius 2 is 1.96 bits per heavy atom. The molecule has 24 heavy (non-hydrogen) atoms. The number of carbonyl (C=O) groups is 2. The van der Waals surface area contributed by atoms with Crippen LogP contribution in [0.1, 0.15) is 46.1 Å². The van der Waals surface area contributed by atoms with Gasteiger partial charge in [-0.1, -0.05) is 39.0 Å². The number of piperidine rings is 1. The van der Waals surface area contributed by atoms with Gasteiger partial charge in [0.15, 0.2) is 0 Å². The van der Waals surface area contributed by atoms with Gasteiger partial charge in [-0.15, -0.1) is 0 Å². The summed E-state index contributed by atoms with van der Waals surface area (Å²) < 4.78 is 0. The predicted octanol–water partition coefficient (Wildman–Crippen LogP) is 2.54. The highest BCUT2D eigenvalue weighted by molar-refractivity contribution is 6.39. The second-order valence-corrected chi connectivity index (χ2v) is 7.64. The van der Waals surface area contributed by atoms with Crippen LogP contribution in [0.3, 0.4) is 0 Å². The van der Waals surface area contributed by atoms with Crippen LogP contribution in [0.5, 0.6) is 0 Å². The van der Waals surface area contributed by atoms with E-state index in [-0.39, 0.29) is 11.3 Å².